The summed E-state index contributed by atoms with van der Waals surface area (Å²) in [7, 11) is 0. The zero-order valence-electron chi connectivity index (χ0n) is 26.2. The third kappa shape index (κ3) is 11.2. The molecule has 0 aromatic rings. The van der Waals surface area contributed by atoms with Crippen LogP contribution in [0, 0.1) is 0 Å². The molecule has 0 bridgehead atoms. The Morgan fingerprint density at radius 2 is 0.717 bits per heavy atom. The first-order valence-corrected chi connectivity index (χ1v) is 13.7. The second-order valence-electron chi connectivity index (χ2n) is 9.91. The van der Waals surface area contributed by atoms with Gasteiger partial charge in [-0.1, -0.05) is 0 Å². The first-order valence-electron chi connectivity index (χ1n) is 13.7. The molecule has 0 spiro atoms. The third-order valence-corrected chi connectivity index (χ3v) is 5.86. The maximum atomic E-state index is 12.2. The molecule has 0 unspecified atom stereocenters. The van der Waals surface area contributed by atoms with Crippen LogP contribution in [0.4, 0.5) is 0 Å². The van der Waals surface area contributed by atoms with Crippen LogP contribution in [-0.4, -0.2) is 116 Å². The first kappa shape index (κ1) is 37.8. The molecule has 46 heavy (non-hydrogen) atoms. The summed E-state index contributed by atoms with van der Waals surface area (Å²) >= 11 is 0. The summed E-state index contributed by atoms with van der Waals surface area (Å²) in [6.07, 6.45) is -17.2. The monoisotopic (exact) mass is 664 g/mol. The zero-order chi connectivity index (χ0) is 34.9. The number of esters is 8. The van der Waals surface area contributed by atoms with Crippen LogP contribution in [0.15, 0.2) is 0 Å². The van der Waals surface area contributed by atoms with Gasteiger partial charge in [0.15, 0.2) is 30.5 Å². The lowest BCUT2D eigenvalue weighted by atomic mass is 9.97. The van der Waals surface area contributed by atoms with E-state index in [0.717, 1.165) is 55.4 Å². The highest BCUT2D eigenvalue weighted by molar-refractivity contribution is 5.70. The normalized spacial score (nSPS) is 30.4. The van der Waals surface area contributed by atoms with Crippen LogP contribution in [0.1, 0.15) is 55.4 Å². The number of hydrogen-bond donors (Lipinski definition) is 0. The van der Waals surface area contributed by atoms with Gasteiger partial charge in [0.2, 0.25) is 25.0 Å². The quantitative estimate of drug-likeness (QED) is 0.192. The van der Waals surface area contributed by atoms with E-state index in [1.807, 2.05) is 0 Å². The van der Waals surface area contributed by atoms with E-state index < -0.39 is 116 Å². The molecular formula is C27H36O19. The Hall–Kier alpha value is -4.36. The molecule has 2 heterocycles. The van der Waals surface area contributed by atoms with Gasteiger partial charge < -0.3 is 52.1 Å². The molecule has 2 aliphatic rings. The van der Waals surface area contributed by atoms with E-state index >= 15 is 0 Å². The predicted molar refractivity (Wildman–Crippen MR) is 140 cm³/mol. The zero-order valence-corrected chi connectivity index (χ0v) is 26.2. The average Bonchev–Trinajstić information content (AvgIpc) is 2.88. The molecule has 2 fully saturated rings. The molecule has 19 heteroatoms. The van der Waals surface area contributed by atoms with Crippen molar-refractivity contribution in [2.24, 2.45) is 0 Å². The fourth-order valence-electron chi connectivity index (χ4n) is 4.54. The smallest absolute Gasteiger partial charge is 0.305 e. The van der Waals surface area contributed by atoms with E-state index in [9.17, 15) is 38.4 Å². The van der Waals surface area contributed by atoms with Crippen molar-refractivity contribution in [3.63, 3.8) is 0 Å². The van der Waals surface area contributed by atoms with E-state index in [1.54, 1.807) is 0 Å². The van der Waals surface area contributed by atoms with Crippen LogP contribution in [0.2, 0.25) is 0 Å². The van der Waals surface area contributed by atoms with Crippen LogP contribution in [0.5, 0.6) is 0 Å². The maximum absolute atomic E-state index is 12.2. The van der Waals surface area contributed by atoms with Crippen LogP contribution >= 0.6 is 0 Å². The molecule has 0 aromatic carbocycles. The van der Waals surface area contributed by atoms with Crippen molar-refractivity contribution in [3.05, 3.63) is 0 Å². The molecule has 19 nitrogen and oxygen atoms in total. The van der Waals surface area contributed by atoms with Crippen molar-refractivity contribution in [1.29, 1.82) is 0 Å². The minimum absolute atomic E-state index is 0.600. The van der Waals surface area contributed by atoms with Gasteiger partial charge in [-0.25, -0.2) is 0 Å². The van der Waals surface area contributed by atoms with Gasteiger partial charge in [-0.05, 0) is 0 Å². The summed E-state index contributed by atoms with van der Waals surface area (Å²) in [4.78, 5) is 96.1. The van der Waals surface area contributed by atoms with Crippen molar-refractivity contribution in [3.8, 4) is 0 Å². The second-order valence-corrected chi connectivity index (χ2v) is 9.91. The highest BCUT2D eigenvalue weighted by Crippen LogP contribution is 2.35. The van der Waals surface area contributed by atoms with Gasteiger partial charge in [-0.2, -0.15) is 0 Å². The Balaban J connectivity index is 2.69. The van der Waals surface area contributed by atoms with Gasteiger partial charge in [0, 0.05) is 55.4 Å². The van der Waals surface area contributed by atoms with E-state index in [1.165, 1.54) is 0 Å². The first-order chi connectivity index (χ1) is 21.4. The number of carbonyl (C=O) groups excluding carboxylic acids is 8. The SMILES string of the molecule is CC(=O)OC[C@H]1O[C@H](O[C@H]2O[C@H](OC(C)=O)[C@@H](OC(C)=O)[C@H](OC(C)=O)[C@H]2OC(C)=O)[C@H](OC(C)=O)[C@@H](OC(C)=O)[C@@H]1OC(C)=O. The predicted octanol–water partition coefficient (Wildman–Crippen LogP) is -0.873. The van der Waals surface area contributed by atoms with Gasteiger partial charge in [0.25, 0.3) is 0 Å². The van der Waals surface area contributed by atoms with Gasteiger partial charge in [-0.3, -0.25) is 38.4 Å². The van der Waals surface area contributed by atoms with Crippen LogP contribution in [0.25, 0.3) is 0 Å². The third-order valence-electron chi connectivity index (χ3n) is 5.86. The molecule has 258 valence electrons. The molecule has 2 aliphatic heterocycles. The molecular weight excluding hydrogens is 628 g/mol. The number of carbonyl (C=O) groups is 8. The molecule has 0 aliphatic carbocycles. The molecule has 2 saturated heterocycles. The summed E-state index contributed by atoms with van der Waals surface area (Å²) in [5, 5.41) is 0. The van der Waals surface area contributed by atoms with Gasteiger partial charge in [-0.15, -0.1) is 0 Å². The lowest BCUT2D eigenvalue weighted by molar-refractivity contribution is -0.394. The van der Waals surface area contributed by atoms with Crippen LogP contribution in [0.3, 0.4) is 0 Å². The lowest BCUT2D eigenvalue weighted by Gasteiger charge is -2.47. The van der Waals surface area contributed by atoms with E-state index in [4.69, 9.17) is 52.1 Å². The van der Waals surface area contributed by atoms with E-state index in [2.05, 4.69) is 0 Å². The van der Waals surface area contributed by atoms with Crippen molar-refractivity contribution < 1.29 is 90.5 Å². The van der Waals surface area contributed by atoms with Crippen LogP contribution < -0.4 is 0 Å². The van der Waals surface area contributed by atoms with Gasteiger partial charge in [0.05, 0.1) is 0 Å². The minimum Gasteiger partial charge on any atom is -0.463 e. The Morgan fingerprint density at radius 1 is 0.391 bits per heavy atom. The number of ether oxygens (including phenoxy) is 11. The Labute approximate surface area is 262 Å². The Kier molecular flexibility index (Phi) is 13.8. The molecule has 2 rings (SSSR count). The van der Waals surface area contributed by atoms with Gasteiger partial charge >= 0.3 is 47.8 Å². The van der Waals surface area contributed by atoms with E-state index in [-0.39, 0.29) is 0 Å². The maximum Gasteiger partial charge on any atom is 0.305 e. The Bertz CT molecular complexity index is 1180. The molecule has 0 N–H and O–H groups in total. The summed E-state index contributed by atoms with van der Waals surface area (Å²) in [5.74, 6) is -7.32. The van der Waals surface area contributed by atoms with Crippen molar-refractivity contribution in [2.45, 2.75) is 117 Å². The average molecular weight is 665 g/mol. The van der Waals surface area contributed by atoms with E-state index in [0.29, 0.717) is 0 Å². The molecule has 0 saturated carbocycles. The van der Waals surface area contributed by atoms with Gasteiger partial charge in [0.1, 0.15) is 12.7 Å². The van der Waals surface area contributed by atoms with Crippen LogP contribution in [-0.2, 0) is 90.5 Å². The highest BCUT2D eigenvalue weighted by Gasteiger charge is 2.58. The summed E-state index contributed by atoms with van der Waals surface area (Å²) < 4.78 is 59.6. The molecule has 0 radical (unpaired) electrons. The summed E-state index contributed by atoms with van der Waals surface area (Å²) in [6, 6.07) is 0. The topological polar surface area (TPSA) is 238 Å². The number of hydrogen-bond acceptors (Lipinski definition) is 19. The van der Waals surface area contributed by atoms with Crippen molar-refractivity contribution in [1.82, 2.24) is 0 Å². The lowest BCUT2D eigenvalue weighted by Crippen LogP contribution is -2.66. The molecule has 0 amide bonds. The second kappa shape index (κ2) is 16.8. The summed E-state index contributed by atoms with van der Waals surface area (Å²) in [5.41, 5.74) is 0. The minimum atomic E-state index is -1.93. The highest BCUT2D eigenvalue weighted by atomic mass is 16.8. The fourth-order valence-corrected chi connectivity index (χ4v) is 4.54. The van der Waals surface area contributed by atoms with Crippen molar-refractivity contribution >= 4 is 47.8 Å². The number of rotatable bonds is 11. The largest absolute Gasteiger partial charge is 0.463 e. The summed E-state index contributed by atoms with van der Waals surface area (Å²) in [6.45, 7) is 7.45. The molecule has 10 atom stereocenters. The standard InChI is InChI=1S/C27H36O19/c1-10(28)36-9-18-19(37-11(2)29)20(38-12(3)30)22(40-14(5)32)26(44-18)46-27-24(42-16(7)34)21(39-13(4)31)23(41-15(6)33)25(45-27)43-17(8)35/h18-27H,9H2,1-8H3/t18-,19-,20+,21+,22-,23+,24-,25+,26-,27-/m1/s1. The molecule has 0 aromatic heterocycles. The Morgan fingerprint density at radius 3 is 1.11 bits per heavy atom. The van der Waals surface area contributed by atoms with Crippen molar-refractivity contribution in [2.75, 3.05) is 6.61 Å². The fraction of sp³-hybridized carbons (Fsp3) is 0.704.